The first-order chi connectivity index (χ1) is 9.84. The van der Waals surface area contributed by atoms with E-state index in [1.807, 2.05) is 24.3 Å². The molecule has 98 valence electrons. The lowest BCUT2D eigenvalue weighted by Crippen LogP contribution is -2.13. The molecule has 0 saturated carbocycles. The normalized spacial score (nSPS) is 13.7. The number of nitrogens with zero attached hydrogens (tertiary/aromatic N) is 1. The van der Waals surface area contributed by atoms with Crippen LogP contribution < -0.4 is 4.90 Å². The quantitative estimate of drug-likeness (QED) is 0.592. The second kappa shape index (κ2) is 4.46. The van der Waals surface area contributed by atoms with Crippen molar-refractivity contribution < 1.29 is 4.42 Å². The zero-order valence-electron chi connectivity index (χ0n) is 10.9. The molecule has 0 atom stereocenters. The fourth-order valence-corrected chi connectivity index (χ4v) is 3.19. The minimum atomic E-state index is 0.622. The Balaban J connectivity index is 2.03. The van der Waals surface area contributed by atoms with Crippen LogP contribution in [0.1, 0.15) is 5.56 Å². The molecule has 3 aromatic rings. The van der Waals surface area contributed by atoms with Crippen LogP contribution in [0.4, 0.5) is 11.4 Å². The van der Waals surface area contributed by atoms with Gasteiger partial charge in [-0.15, -0.1) is 0 Å². The maximum atomic E-state index is 5.78. The maximum Gasteiger partial charge on any atom is 0.196 e. The Morgan fingerprint density at radius 1 is 0.950 bits per heavy atom. The van der Waals surface area contributed by atoms with E-state index in [4.69, 9.17) is 16.6 Å². The second-order valence-corrected chi connectivity index (χ2v) is 5.32. The number of rotatable bonds is 1. The van der Waals surface area contributed by atoms with Crippen molar-refractivity contribution in [2.45, 2.75) is 6.42 Å². The summed E-state index contributed by atoms with van der Waals surface area (Å²) in [6, 6.07) is 18.6. The zero-order chi connectivity index (χ0) is 13.5. The van der Waals surface area contributed by atoms with Gasteiger partial charge in [-0.25, -0.2) is 0 Å². The number of hydrogen-bond acceptors (Lipinski definition) is 3. The largest absolute Gasteiger partial charge is 0.445 e. The van der Waals surface area contributed by atoms with Crippen molar-refractivity contribution in [2.24, 2.45) is 0 Å². The third-order valence-electron chi connectivity index (χ3n) is 3.80. The molecule has 0 fully saturated rings. The zero-order valence-corrected chi connectivity index (χ0v) is 11.7. The van der Waals surface area contributed by atoms with Crippen LogP contribution in [0.25, 0.3) is 11.0 Å². The highest BCUT2D eigenvalue weighted by atomic mass is 32.1. The van der Waals surface area contributed by atoms with Crippen molar-refractivity contribution in [2.75, 3.05) is 11.4 Å². The van der Waals surface area contributed by atoms with Crippen LogP contribution in [-0.2, 0) is 6.42 Å². The SMILES string of the molecule is S=c1oc2ccccc2c2c1CCN2c1ccccc1. The third-order valence-corrected chi connectivity index (χ3v) is 4.13. The first-order valence-electron chi connectivity index (χ1n) is 6.72. The summed E-state index contributed by atoms with van der Waals surface area (Å²) in [4.78, 5) is 2.34. The number of para-hydroxylation sites is 2. The third kappa shape index (κ3) is 1.67. The molecule has 0 saturated heterocycles. The van der Waals surface area contributed by atoms with Crippen LogP contribution in [0.3, 0.4) is 0 Å². The van der Waals surface area contributed by atoms with Gasteiger partial charge in [0.05, 0.1) is 5.69 Å². The lowest BCUT2D eigenvalue weighted by Gasteiger charge is -2.20. The van der Waals surface area contributed by atoms with Gasteiger partial charge in [0.15, 0.2) is 4.71 Å². The minimum Gasteiger partial charge on any atom is -0.445 e. The molecule has 0 spiro atoms. The summed E-state index contributed by atoms with van der Waals surface area (Å²) in [5.41, 5.74) is 4.43. The second-order valence-electron chi connectivity index (χ2n) is 4.95. The van der Waals surface area contributed by atoms with Crippen LogP contribution in [0.2, 0.25) is 0 Å². The predicted octanol–water partition coefficient (Wildman–Crippen LogP) is 4.86. The van der Waals surface area contributed by atoms with Gasteiger partial charge < -0.3 is 9.32 Å². The molecular weight excluding hydrogens is 266 g/mol. The number of anilines is 2. The Hall–Kier alpha value is -2.13. The fourth-order valence-electron chi connectivity index (χ4n) is 2.90. The van der Waals surface area contributed by atoms with Crippen LogP contribution in [0, 0.1) is 4.71 Å². The van der Waals surface area contributed by atoms with Crippen LogP contribution in [0.5, 0.6) is 0 Å². The molecule has 4 rings (SSSR count). The lowest BCUT2D eigenvalue weighted by molar-refractivity contribution is 0.580. The van der Waals surface area contributed by atoms with Gasteiger partial charge in [-0.2, -0.15) is 0 Å². The van der Waals surface area contributed by atoms with Gasteiger partial charge in [0, 0.05) is 23.2 Å². The Kier molecular flexibility index (Phi) is 2.60. The molecule has 0 amide bonds. The Morgan fingerprint density at radius 3 is 2.55 bits per heavy atom. The molecular formula is C17H13NOS. The predicted molar refractivity (Wildman–Crippen MR) is 84.2 cm³/mol. The van der Waals surface area contributed by atoms with E-state index in [1.54, 1.807) is 0 Å². The van der Waals surface area contributed by atoms with E-state index in [0.717, 1.165) is 29.5 Å². The monoisotopic (exact) mass is 279 g/mol. The molecule has 20 heavy (non-hydrogen) atoms. The van der Waals surface area contributed by atoms with Crippen molar-refractivity contribution in [1.82, 2.24) is 0 Å². The molecule has 0 unspecified atom stereocenters. The topological polar surface area (TPSA) is 16.4 Å². The van der Waals surface area contributed by atoms with Crippen LogP contribution >= 0.6 is 12.2 Å². The molecule has 2 nitrogen and oxygen atoms in total. The van der Waals surface area contributed by atoms with Gasteiger partial charge in [-0.05, 0) is 42.9 Å². The minimum absolute atomic E-state index is 0.622. The molecule has 1 aliphatic rings. The van der Waals surface area contributed by atoms with Crippen LogP contribution in [0.15, 0.2) is 59.0 Å². The molecule has 1 aromatic heterocycles. The maximum absolute atomic E-state index is 5.78. The first-order valence-corrected chi connectivity index (χ1v) is 7.13. The van der Waals surface area contributed by atoms with Crippen molar-refractivity contribution >= 4 is 34.6 Å². The summed E-state index contributed by atoms with van der Waals surface area (Å²) in [7, 11) is 0. The van der Waals surface area contributed by atoms with E-state index in [0.29, 0.717) is 4.71 Å². The van der Waals surface area contributed by atoms with Gasteiger partial charge in [-0.3, -0.25) is 0 Å². The molecule has 2 aromatic carbocycles. The van der Waals surface area contributed by atoms with Gasteiger partial charge in [-0.1, -0.05) is 30.3 Å². The van der Waals surface area contributed by atoms with Crippen LogP contribution in [-0.4, -0.2) is 6.54 Å². The molecule has 2 heterocycles. The summed E-state index contributed by atoms with van der Waals surface area (Å²) in [5.74, 6) is 0. The van der Waals surface area contributed by atoms with Crippen molar-refractivity contribution in [3.63, 3.8) is 0 Å². The smallest absolute Gasteiger partial charge is 0.196 e. The highest BCUT2D eigenvalue weighted by molar-refractivity contribution is 7.71. The van der Waals surface area contributed by atoms with Gasteiger partial charge in [0.1, 0.15) is 5.58 Å². The van der Waals surface area contributed by atoms with E-state index in [-0.39, 0.29) is 0 Å². The number of fused-ring (bicyclic) bond motifs is 3. The van der Waals surface area contributed by atoms with E-state index in [1.165, 1.54) is 11.4 Å². The van der Waals surface area contributed by atoms with E-state index in [2.05, 4.69) is 35.2 Å². The van der Waals surface area contributed by atoms with E-state index >= 15 is 0 Å². The Bertz CT molecular complexity index is 838. The van der Waals surface area contributed by atoms with Crippen molar-refractivity contribution in [1.29, 1.82) is 0 Å². The summed E-state index contributed by atoms with van der Waals surface area (Å²) in [6.07, 6.45) is 0.942. The van der Waals surface area contributed by atoms with Crippen molar-refractivity contribution in [3.05, 3.63) is 64.9 Å². The highest BCUT2D eigenvalue weighted by Crippen LogP contribution is 2.40. The van der Waals surface area contributed by atoms with E-state index < -0.39 is 0 Å². The fraction of sp³-hybridized carbons (Fsp3) is 0.118. The average Bonchev–Trinajstić information content (AvgIpc) is 2.94. The summed E-state index contributed by atoms with van der Waals surface area (Å²) in [5, 5.41) is 1.14. The molecule has 3 heteroatoms. The molecule has 0 radical (unpaired) electrons. The van der Waals surface area contributed by atoms with Gasteiger partial charge >= 0.3 is 0 Å². The Morgan fingerprint density at radius 2 is 1.70 bits per heavy atom. The number of hydrogen-bond donors (Lipinski definition) is 0. The van der Waals surface area contributed by atoms with E-state index in [9.17, 15) is 0 Å². The summed E-state index contributed by atoms with van der Waals surface area (Å²) >= 11 is 5.42. The summed E-state index contributed by atoms with van der Waals surface area (Å²) < 4.78 is 6.40. The average molecular weight is 279 g/mol. The lowest BCUT2D eigenvalue weighted by atomic mass is 10.1. The standard InChI is InChI=1S/C17H13NOS/c20-17-14-10-11-18(12-6-2-1-3-7-12)16(14)13-8-4-5-9-15(13)19-17/h1-9H,10-11H2. The molecule has 1 aliphatic heterocycles. The first kappa shape index (κ1) is 11.7. The molecule has 0 aliphatic carbocycles. The van der Waals surface area contributed by atoms with Crippen molar-refractivity contribution in [3.8, 4) is 0 Å². The summed E-state index contributed by atoms with van der Waals surface area (Å²) in [6.45, 7) is 0.951. The number of benzene rings is 2. The molecule has 0 bridgehead atoms. The van der Waals surface area contributed by atoms with Gasteiger partial charge in [0.25, 0.3) is 0 Å². The highest BCUT2D eigenvalue weighted by Gasteiger charge is 2.25. The van der Waals surface area contributed by atoms with Gasteiger partial charge in [0.2, 0.25) is 0 Å². The molecule has 0 N–H and O–H groups in total. The Labute approximate surface area is 122 Å².